The summed E-state index contributed by atoms with van der Waals surface area (Å²) >= 11 is 1.72. The largest absolute Gasteiger partial charge is 0.235 e. The Balaban J connectivity index is 1.25. The summed E-state index contributed by atoms with van der Waals surface area (Å²) in [4.78, 5) is 20.9. The van der Waals surface area contributed by atoms with Gasteiger partial charge in [0.2, 0.25) is 0 Å². The number of hydrogen-bond acceptors (Lipinski definition) is 5. The lowest BCUT2D eigenvalue weighted by Gasteiger charge is -2.13. The minimum Gasteiger partial charge on any atom is -0.235 e. The summed E-state index contributed by atoms with van der Waals surface area (Å²) in [5.41, 5.74) is 7.27. The average molecular weight is 669 g/mol. The third kappa shape index (κ3) is 5.06. The molecule has 2 aromatic heterocycles. The van der Waals surface area contributed by atoms with Gasteiger partial charge in [0.25, 0.3) is 0 Å². The Labute approximate surface area is 298 Å². The maximum Gasteiger partial charge on any atom is 0.164 e. The fraction of sp³-hybridized carbons (Fsp3) is 0. The lowest BCUT2D eigenvalue weighted by molar-refractivity contribution is 1.08. The fourth-order valence-corrected chi connectivity index (χ4v) is 8.28. The van der Waals surface area contributed by atoms with Gasteiger partial charge in [0, 0.05) is 33.0 Å². The Hall–Kier alpha value is -6.56. The summed E-state index contributed by atoms with van der Waals surface area (Å²) in [5.74, 6) is 1.90. The molecule has 0 aliphatic carbocycles. The Morgan fingerprint density at radius 3 is 1.65 bits per heavy atom. The zero-order valence-corrected chi connectivity index (χ0v) is 28.2. The topological polar surface area (TPSA) is 51.6 Å². The van der Waals surface area contributed by atoms with Crippen LogP contribution < -0.4 is 0 Å². The number of nitrogens with zero attached hydrogens (tertiary/aromatic N) is 4. The van der Waals surface area contributed by atoms with Gasteiger partial charge in [0.05, 0.1) is 10.2 Å². The highest BCUT2D eigenvalue weighted by Gasteiger charge is 2.21. The van der Waals surface area contributed by atoms with E-state index in [0.29, 0.717) is 17.5 Å². The summed E-state index contributed by atoms with van der Waals surface area (Å²) in [7, 11) is 0. The van der Waals surface area contributed by atoms with E-state index in [1.165, 1.54) is 5.56 Å². The van der Waals surface area contributed by atoms with E-state index < -0.39 is 0 Å². The van der Waals surface area contributed by atoms with E-state index in [2.05, 4.69) is 158 Å². The second-order valence-electron chi connectivity index (χ2n) is 12.6. The van der Waals surface area contributed by atoms with Gasteiger partial charge in [0.1, 0.15) is 5.01 Å². The van der Waals surface area contributed by atoms with Gasteiger partial charge in [-0.25, -0.2) is 19.9 Å². The van der Waals surface area contributed by atoms with Gasteiger partial charge in [-0.15, -0.1) is 11.3 Å². The van der Waals surface area contributed by atoms with Crippen molar-refractivity contribution < 1.29 is 0 Å². The van der Waals surface area contributed by atoms with E-state index >= 15 is 0 Å². The molecule has 8 aromatic carbocycles. The summed E-state index contributed by atoms with van der Waals surface area (Å²) in [6.45, 7) is 0. The van der Waals surface area contributed by atoms with Crippen molar-refractivity contribution in [3.8, 4) is 55.9 Å². The Kier molecular flexibility index (Phi) is 6.96. The third-order valence-corrected chi connectivity index (χ3v) is 10.7. The summed E-state index contributed by atoms with van der Waals surface area (Å²) in [6, 6.07) is 59.1. The first kappa shape index (κ1) is 29.4. The van der Waals surface area contributed by atoms with Crippen molar-refractivity contribution in [2.45, 2.75) is 0 Å². The van der Waals surface area contributed by atoms with Gasteiger partial charge in [-0.1, -0.05) is 170 Å². The quantitative estimate of drug-likeness (QED) is 0.171. The Morgan fingerprint density at radius 2 is 0.863 bits per heavy atom. The number of benzene rings is 8. The standard InChI is InChI=1S/C46H28N4S/c1-3-13-29(14-4-1)30-25-27-32(28-26-30)43-48-44(38-23-11-18-31-15-7-8-19-34(31)38)50-45(49-43)39-24-12-22-36-35-20-9-10-21-37(35)41-42(40(36)39)51-46(47-41)33-16-5-2-6-17-33/h1-28H. The SMILES string of the molecule is c1ccc(-c2ccc(-c3nc(-c4cccc5ccccc45)nc(-c4cccc5c6ccccc6c6nc(-c7ccccc7)sc6c45)n3)cc2)cc1. The van der Waals surface area contributed by atoms with Gasteiger partial charge in [-0.3, -0.25) is 0 Å². The highest BCUT2D eigenvalue weighted by atomic mass is 32.1. The van der Waals surface area contributed by atoms with Crippen molar-refractivity contribution >= 4 is 53.9 Å². The molecule has 238 valence electrons. The van der Waals surface area contributed by atoms with Crippen LogP contribution in [-0.2, 0) is 0 Å². The van der Waals surface area contributed by atoms with Crippen LogP contribution in [0.25, 0.3) is 98.4 Å². The maximum atomic E-state index is 5.28. The van der Waals surface area contributed by atoms with Crippen LogP contribution in [0.15, 0.2) is 170 Å². The lowest BCUT2D eigenvalue weighted by Crippen LogP contribution is -2.01. The molecule has 51 heavy (non-hydrogen) atoms. The van der Waals surface area contributed by atoms with Gasteiger partial charge in [-0.2, -0.15) is 0 Å². The number of hydrogen-bond donors (Lipinski definition) is 0. The van der Waals surface area contributed by atoms with Crippen molar-refractivity contribution in [3.63, 3.8) is 0 Å². The van der Waals surface area contributed by atoms with Crippen LogP contribution in [0.3, 0.4) is 0 Å². The van der Waals surface area contributed by atoms with Gasteiger partial charge < -0.3 is 0 Å². The van der Waals surface area contributed by atoms with E-state index in [1.807, 2.05) is 12.1 Å². The second-order valence-corrected chi connectivity index (χ2v) is 13.6. The van der Waals surface area contributed by atoms with Gasteiger partial charge in [0.15, 0.2) is 17.5 Å². The summed E-state index contributed by atoms with van der Waals surface area (Å²) in [6.07, 6.45) is 0. The van der Waals surface area contributed by atoms with E-state index in [0.717, 1.165) is 75.4 Å². The molecule has 10 aromatic rings. The van der Waals surface area contributed by atoms with E-state index in [4.69, 9.17) is 19.9 Å². The van der Waals surface area contributed by atoms with Crippen LogP contribution in [-0.4, -0.2) is 19.9 Å². The van der Waals surface area contributed by atoms with Crippen LogP contribution in [0.4, 0.5) is 0 Å². The van der Waals surface area contributed by atoms with E-state index in [-0.39, 0.29) is 0 Å². The molecule has 10 rings (SSSR count). The first-order valence-corrected chi connectivity index (χ1v) is 17.8. The van der Waals surface area contributed by atoms with E-state index in [1.54, 1.807) is 11.3 Å². The molecule has 0 saturated carbocycles. The Morgan fingerprint density at radius 1 is 0.333 bits per heavy atom. The predicted molar refractivity (Wildman–Crippen MR) is 213 cm³/mol. The fourth-order valence-electron chi connectivity index (χ4n) is 7.12. The molecule has 5 heteroatoms. The Bertz CT molecular complexity index is 2890. The third-order valence-electron chi connectivity index (χ3n) is 9.57. The molecule has 2 heterocycles. The molecule has 0 aliphatic rings. The van der Waals surface area contributed by atoms with Crippen molar-refractivity contribution in [1.29, 1.82) is 0 Å². The lowest BCUT2D eigenvalue weighted by atomic mass is 9.97. The van der Waals surface area contributed by atoms with Crippen molar-refractivity contribution in [2.75, 3.05) is 0 Å². The summed E-state index contributed by atoms with van der Waals surface area (Å²) < 4.78 is 1.12. The normalized spacial score (nSPS) is 11.5. The summed E-state index contributed by atoms with van der Waals surface area (Å²) in [5, 5.41) is 7.79. The van der Waals surface area contributed by atoms with Crippen LogP contribution >= 0.6 is 11.3 Å². The molecule has 0 radical (unpaired) electrons. The van der Waals surface area contributed by atoms with Crippen LogP contribution in [0.2, 0.25) is 0 Å². The first-order valence-electron chi connectivity index (χ1n) is 17.0. The van der Waals surface area contributed by atoms with Crippen LogP contribution in [0.5, 0.6) is 0 Å². The van der Waals surface area contributed by atoms with Crippen molar-refractivity contribution in [1.82, 2.24) is 19.9 Å². The smallest absolute Gasteiger partial charge is 0.164 e. The molecular formula is C46H28N4S. The number of fused-ring (bicyclic) bond motifs is 7. The molecule has 4 nitrogen and oxygen atoms in total. The predicted octanol–water partition coefficient (Wildman–Crippen LogP) is 12.3. The first-order chi connectivity index (χ1) is 25.3. The molecule has 0 unspecified atom stereocenters. The molecule has 0 saturated heterocycles. The average Bonchev–Trinajstić information content (AvgIpc) is 3.67. The number of thiazole rings is 1. The molecule has 0 amide bonds. The highest BCUT2D eigenvalue weighted by molar-refractivity contribution is 7.22. The highest BCUT2D eigenvalue weighted by Crippen LogP contribution is 2.44. The van der Waals surface area contributed by atoms with Crippen LogP contribution in [0, 0.1) is 0 Å². The monoisotopic (exact) mass is 668 g/mol. The molecule has 0 bridgehead atoms. The van der Waals surface area contributed by atoms with Crippen molar-refractivity contribution in [3.05, 3.63) is 170 Å². The zero-order valence-electron chi connectivity index (χ0n) is 27.4. The maximum absolute atomic E-state index is 5.28. The minimum atomic E-state index is 0.630. The number of rotatable bonds is 5. The molecule has 0 spiro atoms. The van der Waals surface area contributed by atoms with Gasteiger partial charge >= 0.3 is 0 Å². The molecule has 0 aliphatic heterocycles. The zero-order chi connectivity index (χ0) is 33.7. The number of aromatic nitrogens is 4. The molecule has 0 fully saturated rings. The van der Waals surface area contributed by atoms with Gasteiger partial charge in [-0.05, 0) is 32.7 Å². The van der Waals surface area contributed by atoms with Crippen molar-refractivity contribution in [2.24, 2.45) is 0 Å². The second kappa shape index (κ2) is 12.1. The van der Waals surface area contributed by atoms with Crippen LogP contribution in [0.1, 0.15) is 0 Å². The minimum absolute atomic E-state index is 0.630. The molecular weight excluding hydrogens is 641 g/mol. The van der Waals surface area contributed by atoms with E-state index in [9.17, 15) is 0 Å². The molecule has 0 N–H and O–H groups in total. The molecule has 0 atom stereocenters.